The highest BCUT2D eigenvalue weighted by Gasteiger charge is 2.18. The molecule has 1 aliphatic rings. The topological polar surface area (TPSA) is 51.0 Å². The lowest BCUT2D eigenvalue weighted by atomic mass is 10.1. The lowest BCUT2D eigenvalue weighted by molar-refractivity contribution is 0.352. The molecule has 1 aromatic heterocycles. The monoisotopic (exact) mass is 223 g/mol. The lowest BCUT2D eigenvalue weighted by Crippen LogP contribution is -2.10. The van der Waals surface area contributed by atoms with Crippen molar-refractivity contribution in [2.24, 2.45) is 11.8 Å². The van der Waals surface area contributed by atoms with Crippen LogP contribution in [0.15, 0.2) is 4.52 Å². The number of hydrogen-bond acceptors (Lipinski definition) is 4. The summed E-state index contributed by atoms with van der Waals surface area (Å²) >= 11 is 0. The van der Waals surface area contributed by atoms with E-state index in [2.05, 4.69) is 29.3 Å². The van der Waals surface area contributed by atoms with Crippen molar-refractivity contribution in [2.75, 3.05) is 13.1 Å². The van der Waals surface area contributed by atoms with Crippen molar-refractivity contribution in [3.63, 3.8) is 0 Å². The summed E-state index contributed by atoms with van der Waals surface area (Å²) in [5.74, 6) is 3.06. The SMILES string of the molecule is CC(C)CCc1noc(CC2CCNC2)n1. The molecule has 1 unspecified atom stereocenters. The second kappa shape index (κ2) is 5.43. The van der Waals surface area contributed by atoms with Gasteiger partial charge in [-0.3, -0.25) is 0 Å². The van der Waals surface area contributed by atoms with Crippen molar-refractivity contribution < 1.29 is 4.52 Å². The van der Waals surface area contributed by atoms with E-state index in [1.54, 1.807) is 0 Å². The summed E-state index contributed by atoms with van der Waals surface area (Å²) in [7, 11) is 0. The van der Waals surface area contributed by atoms with Crippen LogP contribution in [0.1, 0.15) is 38.4 Å². The van der Waals surface area contributed by atoms with Gasteiger partial charge in [0.1, 0.15) is 0 Å². The van der Waals surface area contributed by atoms with Crippen LogP contribution in [0.3, 0.4) is 0 Å². The second-order valence-corrected chi connectivity index (χ2v) is 5.10. The van der Waals surface area contributed by atoms with Gasteiger partial charge in [0.05, 0.1) is 0 Å². The Hall–Kier alpha value is -0.900. The van der Waals surface area contributed by atoms with Gasteiger partial charge < -0.3 is 9.84 Å². The van der Waals surface area contributed by atoms with Crippen LogP contribution < -0.4 is 5.32 Å². The first-order valence-electron chi connectivity index (χ1n) is 6.26. The highest BCUT2D eigenvalue weighted by Crippen LogP contribution is 2.14. The van der Waals surface area contributed by atoms with Crippen molar-refractivity contribution in [1.82, 2.24) is 15.5 Å². The van der Waals surface area contributed by atoms with Crippen LogP contribution in [0, 0.1) is 11.8 Å². The molecule has 0 spiro atoms. The van der Waals surface area contributed by atoms with E-state index in [1.807, 2.05) is 0 Å². The average Bonchev–Trinajstić information content (AvgIpc) is 2.87. The summed E-state index contributed by atoms with van der Waals surface area (Å²) in [5.41, 5.74) is 0. The predicted octanol–water partition coefficient (Wildman–Crippen LogP) is 1.81. The van der Waals surface area contributed by atoms with E-state index in [-0.39, 0.29) is 0 Å². The molecule has 1 fully saturated rings. The minimum Gasteiger partial charge on any atom is -0.339 e. The standard InChI is InChI=1S/C12H21N3O/c1-9(2)3-4-11-14-12(16-15-11)7-10-5-6-13-8-10/h9-10,13H,3-8H2,1-2H3. The van der Waals surface area contributed by atoms with Crippen LogP contribution in [0.25, 0.3) is 0 Å². The minimum absolute atomic E-state index is 0.679. The average molecular weight is 223 g/mol. The molecule has 0 aliphatic carbocycles. The van der Waals surface area contributed by atoms with Crippen molar-refractivity contribution >= 4 is 0 Å². The first kappa shape index (κ1) is 11.6. The van der Waals surface area contributed by atoms with E-state index in [1.165, 1.54) is 6.42 Å². The molecule has 0 radical (unpaired) electrons. The summed E-state index contributed by atoms with van der Waals surface area (Å²) < 4.78 is 5.27. The van der Waals surface area contributed by atoms with Crippen LogP contribution in [0.2, 0.25) is 0 Å². The van der Waals surface area contributed by atoms with Gasteiger partial charge in [0.25, 0.3) is 0 Å². The van der Waals surface area contributed by atoms with Gasteiger partial charge in [-0.15, -0.1) is 0 Å². The normalized spacial score (nSPS) is 20.8. The molecule has 1 atom stereocenters. The van der Waals surface area contributed by atoms with Gasteiger partial charge in [0.2, 0.25) is 5.89 Å². The summed E-state index contributed by atoms with van der Waals surface area (Å²) in [6.07, 6.45) is 4.22. The molecule has 2 heterocycles. The van der Waals surface area contributed by atoms with Crippen molar-refractivity contribution in [2.45, 2.75) is 39.5 Å². The smallest absolute Gasteiger partial charge is 0.226 e. The van der Waals surface area contributed by atoms with Crippen LogP contribution in [0.5, 0.6) is 0 Å². The third-order valence-corrected chi connectivity index (χ3v) is 3.08. The zero-order valence-corrected chi connectivity index (χ0v) is 10.2. The van der Waals surface area contributed by atoms with Crippen molar-refractivity contribution in [1.29, 1.82) is 0 Å². The Bertz CT molecular complexity index is 316. The molecule has 4 heteroatoms. The molecule has 0 saturated carbocycles. The van der Waals surface area contributed by atoms with E-state index < -0.39 is 0 Å². The van der Waals surface area contributed by atoms with E-state index in [0.717, 1.165) is 44.1 Å². The quantitative estimate of drug-likeness (QED) is 0.827. The fourth-order valence-corrected chi connectivity index (χ4v) is 2.03. The van der Waals surface area contributed by atoms with Crippen LogP contribution in [0.4, 0.5) is 0 Å². The Morgan fingerprint density at radius 2 is 2.38 bits per heavy atom. The lowest BCUT2D eigenvalue weighted by Gasteiger charge is -2.02. The molecule has 4 nitrogen and oxygen atoms in total. The Morgan fingerprint density at radius 3 is 3.06 bits per heavy atom. The van der Waals surface area contributed by atoms with E-state index in [9.17, 15) is 0 Å². The molecule has 0 aromatic carbocycles. The molecule has 1 aliphatic heterocycles. The van der Waals surface area contributed by atoms with E-state index >= 15 is 0 Å². The van der Waals surface area contributed by atoms with Gasteiger partial charge in [0.15, 0.2) is 5.82 Å². The van der Waals surface area contributed by atoms with Crippen LogP contribution >= 0.6 is 0 Å². The maximum Gasteiger partial charge on any atom is 0.226 e. The summed E-state index contributed by atoms with van der Waals surface area (Å²) in [6, 6.07) is 0. The highest BCUT2D eigenvalue weighted by atomic mass is 16.5. The number of nitrogens with one attached hydrogen (secondary N) is 1. The van der Waals surface area contributed by atoms with Gasteiger partial charge in [-0.2, -0.15) is 4.98 Å². The largest absolute Gasteiger partial charge is 0.339 e. The maximum atomic E-state index is 5.27. The Morgan fingerprint density at radius 1 is 1.50 bits per heavy atom. The minimum atomic E-state index is 0.679. The molecule has 16 heavy (non-hydrogen) atoms. The van der Waals surface area contributed by atoms with Gasteiger partial charge in [-0.25, -0.2) is 0 Å². The number of nitrogens with zero attached hydrogens (tertiary/aromatic N) is 2. The fourth-order valence-electron chi connectivity index (χ4n) is 2.03. The number of rotatable bonds is 5. The van der Waals surface area contributed by atoms with Crippen molar-refractivity contribution in [3.05, 3.63) is 11.7 Å². The third kappa shape index (κ3) is 3.30. The first-order valence-corrected chi connectivity index (χ1v) is 6.26. The summed E-state index contributed by atoms with van der Waals surface area (Å²) in [6.45, 7) is 6.64. The zero-order valence-electron chi connectivity index (χ0n) is 10.2. The van der Waals surface area contributed by atoms with Crippen LogP contribution in [-0.2, 0) is 12.8 Å². The van der Waals surface area contributed by atoms with Crippen molar-refractivity contribution in [3.8, 4) is 0 Å². The maximum absolute atomic E-state index is 5.27. The number of aryl methyl sites for hydroxylation is 1. The first-order chi connectivity index (χ1) is 7.74. The molecule has 90 valence electrons. The second-order valence-electron chi connectivity index (χ2n) is 5.10. The molecular weight excluding hydrogens is 202 g/mol. The number of aromatic nitrogens is 2. The summed E-state index contributed by atoms with van der Waals surface area (Å²) in [4.78, 5) is 4.44. The molecule has 1 aromatic rings. The van der Waals surface area contributed by atoms with Gasteiger partial charge >= 0.3 is 0 Å². The van der Waals surface area contributed by atoms with E-state index in [0.29, 0.717) is 11.8 Å². The fraction of sp³-hybridized carbons (Fsp3) is 0.833. The number of hydrogen-bond donors (Lipinski definition) is 1. The zero-order chi connectivity index (χ0) is 11.4. The molecule has 0 amide bonds. The van der Waals surface area contributed by atoms with Crippen LogP contribution in [-0.4, -0.2) is 23.2 Å². The molecule has 2 rings (SSSR count). The Balaban J connectivity index is 1.81. The van der Waals surface area contributed by atoms with Gasteiger partial charge in [-0.05, 0) is 37.8 Å². The van der Waals surface area contributed by atoms with Gasteiger partial charge in [-0.1, -0.05) is 19.0 Å². The Labute approximate surface area is 96.8 Å². The molecular formula is C12H21N3O. The Kier molecular flexibility index (Phi) is 3.93. The molecule has 1 saturated heterocycles. The highest BCUT2D eigenvalue weighted by molar-refractivity contribution is 4.90. The van der Waals surface area contributed by atoms with Gasteiger partial charge in [0, 0.05) is 12.8 Å². The van der Waals surface area contributed by atoms with E-state index in [4.69, 9.17) is 4.52 Å². The third-order valence-electron chi connectivity index (χ3n) is 3.08. The molecule has 0 bridgehead atoms. The summed E-state index contributed by atoms with van der Waals surface area (Å²) in [5, 5.41) is 7.37. The molecule has 1 N–H and O–H groups in total. The predicted molar refractivity (Wildman–Crippen MR) is 62.1 cm³/mol.